The van der Waals surface area contributed by atoms with Crippen LogP contribution in [0.1, 0.15) is 39.5 Å². The van der Waals surface area contributed by atoms with Crippen molar-refractivity contribution in [3.63, 3.8) is 0 Å². The molecule has 0 heterocycles. The van der Waals surface area contributed by atoms with Gasteiger partial charge in [-0.3, -0.25) is 4.79 Å². The number of aliphatic hydroxyl groups excluding tert-OH is 1. The van der Waals surface area contributed by atoms with Crippen LogP contribution in [0.2, 0.25) is 0 Å². The molecule has 0 aromatic heterocycles. The molecule has 4 heteroatoms. The molecule has 3 N–H and O–H groups in total. The van der Waals surface area contributed by atoms with Crippen molar-refractivity contribution >= 4 is 5.91 Å². The molecule has 1 fully saturated rings. The van der Waals surface area contributed by atoms with Crippen LogP contribution in [0.25, 0.3) is 0 Å². The van der Waals surface area contributed by atoms with E-state index < -0.39 is 11.1 Å². The molecule has 1 saturated carbocycles. The topological polar surface area (TPSA) is 66.6 Å². The number of rotatable bonds is 3. The SMILES string of the molecule is CN(C(=O)C1(N)CCCC1)C(C)(C)CO. The molecule has 0 radical (unpaired) electrons. The second-order valence-electron chi connectivity index (χ2n) is 5.20. The lowest BCUT2D eigenvalue weighted by molar-refractivity contribution is -0.141. The lowest BCUT2D eigenvalue weighted by Gasteiger charge is -2.38. The summed E-state index contributed by atoms with van der Waals surface area (Å²) in [6.07, 6.45) is 3.57. The summed E-state index contributed by atoms with van der Waals surface area (Å²) in [5.74, 6) is -0.0425. The standard InChI is InChI=1S/C11H22N2O2/c1-10(2,8-14)13(3)9(15)11(12)6-4-5-7-11/h14H,4-8,12H2,1-3H3. The summed E-state index contributed by atoms with van der Waals surface area (Å²) >= 11 is 0. The van der Waals surface area contributed by atoms with Gasteiger partial charge in [-0.15, -0.1) is 0 Å². The fourth-order valence-electron chi connectivity index (χ4n) is 1.93. The van der Waals surface area contributed by atoms with Crippen LogP contribution < -0.4 is 5.73 Å². The van der Waals surface area contributed by atoms with E-state index in [0.29, 0.717) is 0 Å². The Morgan fingerprint density at radius 2 is 1.93 bits per heavy atom. The zero-order valence-electron chi connectivity index (χ0n) is 9.92. The van der Waals surface area contributed by atoms with Crippen LogP contribution in [-0.4, -0.2) is 40.6 Å². The molecule has 0 saturated heterocycles. The van der Waals surface area contributed by atoms with Gasteiger partial charge < -0.3 is 15.7 Å². The number of carbonyl (C=O) groups excluding carboxylic acids is 1. The van der Waals surface area contributed by atoms with Crippen LogP contribution in [0.5, 0.6) is 0 Å². The fourth-order valence-corrected chi connectivity index (χ4v) is 1.93. The van der Waals surface area contributed by atoms with Crippen LogP contribution in [-0.2, 0) is 4.79 Å². The van der Waals surface area contributed by atoms with Gasteiger partial charge >= 0.3 is 0 Å². The number of nitrogens with two attached hydrogens (primary N) is 1. The minimum absolute atomic E-state index is 0.0425. The highest BCUT2D eigenvalue weighted by Gasteiger charge is 2.42. The molecule has 0 aliphatic heterocycles. The van der Waals surface area contributed by atoms with Crippen molar-refractivity contribution in [3.05, 3.63) is 0 Å². The molecule has 0 aromatic rings. The van der Waals surface area contributed by atoms with Gasteiger partial charge in [-0.1, -0.05) is 12.8 Å². The van der Waals surface area contributed by atoms with E-state index in [0.717, 1.165) is 25.7 Å². The van der Waals surface area contributed by atoms with Crippen molar-refractivity contribution in [2.45, 2.75) is 50.6 Å². The van der Waals surface area contributed by atoms with E-state index >= 15 is 0 Å². The first-order valence-electron chi connectivity index (χ1n) is 5.51. The third kappa shape index (κ3) is 2.32. The maximum atomic E-state index is 12.2. The molecule has 88 valence electrons. The Hall–Kier alpha value is -0.610. The van der Waals surface area contributed by atoms with E-state index in [-0.39, 0.29) is 12.5 Å². The van der Waals surface area contributed by atoms with E-state index in [2.05, 4.69) is 0 Å². The number of hydrogen-bond acceptors (Lipinski definition) is 3. The predicted octanol–water partition coefficient (Wildman–Crippen LogP) is 0.487. The van der Waals surface area contributed by atoms with E-state index in [1.54, 1.807) is 11.9 Å². The molecule has 1 amide bonds. The highest BCUT2D eigenvalue weighted by molar-refractivity contribution is 5.86. The van der Waals surface area contributed by atoms with Crippen molar-refractivity contribution in [1.29, 1.82) is 0 Å². The van der Waals surface area contributed by atoms with Gasteiger partial charge in [0.25, 0.3) is 0 Å². The molecule has 0 atom stereocenters. The van der Waals surface area contributed by atoms with Crippen molar-refractivity contribution < 1.29 is 9.90 Å². The van der Waals surface area contributed by atoms with Crippen molar-refractivity contribution in [1.82, 2.24) is 4.90 Å². The first kappa shape index (κ1) is 12.5. The summed E-state index contributed by atoms with van der Waals surface area (Å²) in [7, 11) is 1.71. The van der Waals surface area contributed by atoms with Gasteiger partial charge in [0, 0.05) is 7.05 Å². The Morgan fingerprint density at radius 1 is 1.47 bits per heavy atom. The smallest absolute Gasteiger partial charge is 0.242 e. The normalized spacial score (nSPS) is 20.3. The molecule has 0 bridgehead atoms. The van der Waals surface area contributed by atoms with E-state index in [1.807, 2.05) is 13.8 Å². The zero-order chi connectivity index (χ0) is 11.7. The lowest BCUT2D eigenvalue weighted by atomic mass is 9.94. The summed E-state index contributed by atoms with van der Waals surface area (Å²) in [5.41, 5.74) is 4.85. The van der Waals surface area contributed by atoms with E-state index in [4.69, 9.17) is 5.73 Å². The summed E-state index contributed by atoms with van der Waals surface area (Å²) in [5, 5.41) is 9.21. The first-order chi connectivity index (χ1) is 6.83. The van der Waals surface area contributed by atoms with Crippen molar-refractivity contribution in [2.24, 2.45) is 5.73 Å². The average molecular weight is 214 g/mol. The molecule has 0 aromatic carbocycles. The Balaban J connectivity index is 2.76. The second-order valence-corrected chi connectivity index (χ2v) is 5.20. The molecular weight excluding hydrogens is 192 g/mol. The van der Waals surface area contributed by atoms with E-state index in [1.165, 1.54) is 0 Å². The monoisotopic (exact) mass is 214 g/mol. The molecule has 1 aliphatic carbocycles. The third-order valence-corrected chi connectivity index (χ3v) is 3.52. The van der Waals surface area contributed by atoms with Gasteiger partial charge in [0.2, 0.25) is 5.91 Å². The number of amides is 1. The molecule has 0 spiro atoms. The second kappa shape index (κ2) is 4.10. The van der Waals surface area contributed by atoms with Gasteiger partial charge in [-0.05, 0) is 26.7 Å². The van der Waals surface area contributed by atoms with Crippen LogP contribution in [0.3, 0.4) is 0 Å². The van der Waals surface area contributed by atoms with Crippen LogP contribution in [0, 0.1) is 0 Å². The summed E-state index contributed by atoms with van der Waals surface area (Å²) in [6, 6.07) is 0. The summed E-state index contributed by atoms with van der Waals surface area (Å²) in [6.45, 7) is 3.62. The Bertz CT molecular complexity index is 245. The number of aliphatic hydroxyl groups is 1. The van der Waals surface area contributed by atoms with Gasteiger partial charge in [-0.25, -0.2) is 0 Å². The Labute approximate surface area is 91.4 Å². The highest BCUT2D eigenvalue weighted by atomic mass is 16.3. The predicted molar refractivity (Wildman–Crippen MR) is 59.3 cm³/mol. The number of likely N-dealkylation sites (N-methyl/N-ethyl adjacent to an activating group) is 1. The van der Waals surface area contributed by atoms with Gasteiger partial charge in [0.1, 0.15) is 0 Å². The molecule has 1 rings (SSSR count). The van der Waals surface area contributed by atoms with Gasteiger partial charge in [0.05, 0.1) is 17.7 Å². The quantitative estimate of drug-likeness (QED) is 0.718. The summed E-state index contributed by atoms with van der Waals surface area (Å²) < 4.78 is 0. The lowest BCUT2D eigenvalue weighted by Crippen LogP contribution is -2.59. The molecule has 15 heavy (non-hydrogen) atoms. The minimum Gasteiger partial charge on any atom is -0.394 e. The highest BCUT2D eigenvalue weighted by Crippen LogP contribution is 2.30. The Morgan fingerprint density at radius 3 is 2.33 bits per heavy atom. The Kier molecular flexibility index (Phi) is 3.41. The average Bonchev–Trinajstić information content (AvgIpc) is 2.64. The van der Waals surface area contributed by atoms with Gasteiger partial charge in [0.15, 0.2) is 0 Å². The maximum Gasteiger partial charge on any atom is 0.242 e. The molecule has 0 unspecified atom stereocenters. The van der Waals surface area contributed by atoms with E-state index in [9.17, 15) is 9.90 Å². The maximum absolute atomic E-state index is 12.2. The number of hydrogen-bond donors (Lipinski definition) is 2. The first-order valence-corrected chi connectivity index (χ1v) is 5.51. The number of nitrogens with zero attached hydrogens (tertiary/aromatic N) is 1. The van der Waals surface area contributed by atoms with Crippen molar-refractivity contribution in [2.75, 3.05) is 13.7 Å². The summed E-state index contributed by atoms with van der Waals surface area (Å²) in [4.78, 5) is 13.7. The van der Waals surface area contributed by atoms with Gasteiger partial charge in [-0.2, -0.15) is 0 Å². The van der Waals surface area contributed by atoms with Crippen LogP contribution >= 0.6 is 0 Å². The van der Waals surface area contributed by atoms with Crippen LogP contribution in [0.4, 0.5) is 0 Å². The largest absolute Gasteiger partial charge is 0.394 e. The fraction of sp³-hybridized carbons (Fsp3) is 0.909. The van der Waals surface area contributed by atoms with Crippen molar-refractivity contribution in [3.8, 4) is 0 Å². The zero-order valence-corrected chi connectivity index (χ0v) is 9.92. The third-order valence-electron chi connectivity index (χ3n) is 3.52. The van der Waals surface area contributed by atoms with Crippen LogP contribution in [0.15, 0.2) is 0 Å². The molecule has 1 aliphatic rings. The molecular formula is C11H22N2O2. The molecule has 4 nitrogen and oxygen atoms in total. The minimum atomic E-state index is -0.693. The number of carbonyl (C=O) groups is 1.